The fourth-order valence-electron chi connectivity index (χ4n) is 1.63. The fourth-order valence-corrected chi connectivity index (χ4v) is 3.24. The first kappa shape index (κ1) is 10.7. The van der Waals surface area contributed by atoms with Gasteiger partial charge in [0.15, 0.2) is 0 Å². The van der Waals surface area contributed by atoms with Crippen molar-refractivity contribution < 1.29 is 0 Å². The van der Waals surface area contributed by atoms with Crippen LogP contribution in [0.3, 0.4) is 0 Å². The van der Waals surface area contributed by atoms with Gasteiger partial charge >= 0.3 is 0 Å². The molecule has 2 N–H and O–H groups in total. The van der Waals surface area contributed by atoms with Crippen LogP contribution in [0, 0.1) is 12.8 Å². The van der Waals surface area contributed by atoms with Crippen molar-refractivity contribution in [3.05, 3.63) is 20.3 Å². The van der Waals surface area contributed by atoms with Crippen molar-refractivity contribution in [2.24, 2.45) is 11.7 Å². The third-order valence-electron chi connectivity index (χ3n) is 2.82. The molecule has 1 aromatic heterocycles. The minimum absolute atomic E-state index is 0.255. The Morgan fingerprint density at radius 2 is 2.36 bits per heavy atom. The maximum absolute atomic E-state index is 6.14. The quantitative estimate of drug-likeness (QED) is 0.882. The smallest absolute Gasteiger partial charge is 0.0731 e. The highest BCUT2D eigenvalue weighted by molar-refractivity contribution is 9.11. The molecule has 0 aromatic carbocycles. The van der Waals surface area contributed by atoms with Crippen LogP contribution in [-0.4, -0.2) is 0 Å². The maximum Gasteiger partial charge on any atom is 0.0731 e. The van der Waals surface area contributed by atoms with Crippen molar-refractivity contribution in [2.45, 2.75) is 38.6 Å². The van der Waals surface area contributed by atoms with Gasteiger partial charge in [-0.1, -0.05) is 12.8 Å². The van der Waals surface area contributed by atoms with Gasteiger partial charge in [-0.25, -0.2) is 0 Å². The van der Waals surface area contributed by atoms with Crippen molar-refractivity contribution in [3.8, 4) is 0 Å². The number of hydrogen-bond donors (Lipinski definition) is 1. The monoisotopic (exact) mass is 273 g/mol. The third-order valence-corrected chi connectivity index (χ3v) is 5.09. The lowest BCUT2D eigenvalue weighted by molar-refractivity contribution is 0.581. The molecule has 2 rings (SSSR count). The van der Waals surface area contributed by atoms with Crippen molar-refractivity contribution in [2.75, 3.05) is 0 Å². The van der Waals surface area contributed by atoms with Crippen LogP contribution in [0.25, 0.3) is 0 Å². The van der Waals surface area contributed by atoms with E-state index in [-0.39, 0.29) is 6.04 Å². The summed E-state index contributed by atoms with van der Waals surface area (Å²) in [6.07, 6.45) is 5.33. The van der Waals surface area contributed by atoms with Crippen LogP contribution in [0.2, 0.25) is 0 Å². The van der Waals surface area contributed by atoms with Crippen molar-refractivity contribution in [1.29, 1.82) is 0 Å². The highest BCUT2D eigenvalue weighted by Gasteiger charge is 2.22. The van der Waals surface area contributed by atoms with Gasteiger partial charge in [-0.05, 0) is 53.2 Å². The zero-order chi connectivity index (χ0) is 10.1. The highest BCUT2D eigenvalue weighted by Crippen LogP contribution is 2.37. The second kappa shape index (κ2) is 4.33. The first-order valence-electron chi connectivity index (χ1n) is 5.18. The van der Waals surface area contributed by atoms with E-state index in [1.807, 2.05) is 0 Å². The van der Waals surface area contributed by atoms with Crippen molar-refractivity contribution in [3.63, 3.8) is 0 Å². The van der Waals surface area contributed by atoms with Gasteiger partial charge in [0, 0.05) is 10.9 Å². The Balaban J connectivity index is 1.91. The highest BCUT2D eigenvalue weighted by atomic mass is 79.9. The van der Waals surface area contributed by atoms with Gasteiger partial charge in [0.2, 0.25) is 0 Å². The van der Waals surface area contributed by atoms with Gasteiger partial charge in [-0.3, -0.25) is 0 Å². The van der Waals surface area contributed by atoms with E-state index in [2.05, 4.69) is 28.9 Å². The van der Waals surface area contributed by atoms with E-state index in [0.717, 1.165) is 12.3 Å². The minimum atomic E-state index is 0.255. The largest absolute Gasteiger partial charge is 0.323 e. The van der Waals surface area contributed by atoms with E-state index in [1.165, 1.54) is 33.5 Å². The molecule has 0 aliphatic heterocycles. The van der Waals surface area contributed by atoms with Crippen LogP contribution in [0.4, 0.5) is 0 Å². The van der Waals surface area contributed by atoms with Gasteiger partial charge in [-0.2, -0.15) is 0 Å². The first-order chi connectivity index (χ1) is 6.66. The lowest BCUT2D eigenvalue weighted by atomic mass is 10.1. The van der Waals surface area contributed by atoms with Crippen LogP contribution in [-0.2, 0) is 0 Å². The molecular weight excluding hydrogens is 258 g/mol. The zero-order valence-electron chi connectivity index (χ0n) is 8.42. The molecular formula is C11H16BrNS. The summed E-state index contributed by atoms with van der Waals surface area (Å²) in [7, 11) is 0. The molecule has 1 aliphatic rings. The average Bonchev–Trinajstić information content (AvgIpc) is 2.91. The Morgan fingerprint density at radius 3 is 2.86 bits per heavy atom. The molecule has 1 unspecified atom stereocenters. The van der Waals surface area contributed by atoms with Crippen LogP contribution >= 0.6 is 27.3 Å². The summed E-state index contributed by atoms with van der Waals surface area (Å²) in [5.74, 6) is 0.991. The summed E-state index contributed by atoms with van der Waals surface area (Å²) in [6, 6.07) is 2.47. The predicted octanol–water partition coefficient (Wildman–Crippen LogP) is 4.01. The zero-order valence-corrected chi connectivity index (χ0v) is 10.8. The Kier molecular flexibility index (Phi) is 3.30. The molecule has 1 atom stereocenters. The van der Waals surface area contributed by atoms with E-state index in [0.29, 0.717) is 0 Å². The molecule has 0 radical (unpaired) electrons. The second-order valence-electron chi connectivity index (χ2n) is 4.23. The van der Waals surface area contributed by atoms with Gasteiger partial charge in [0.25, 0.3) is 0 Å². The minimum Gasteiger partial charge on any atom is -0.323 e. The van der Waals surface area contributed by atoms with Crippen molar-refractivity contribution in [1.82, 2.24) is 0 Å². The molecule has 1 aromatic rings. The topological polar surface area (TPSA) is 26.0 Å². The van der Waals surface area contributed by atoms with Crippen LogP contribution in [0.15, 0.2) is 9.85 Å². The summed E-state index contributed by atoms with van der Waals surface area (Å²) in [6.45, 7) is 2.12. The molecule has 1 nitrogen and oxygen atoms in total. The summed E-state index contributed by atoms with van der Waals surface area (Å²) < 4.78 is 1.23. The standard InChI is InChI=1S/C11H16BrNS/c1-7-6-10(14-11(7)12)9(13)5-4-8-2-3-8/h6,8-9H,2-5,13H2,1H3. The number of halogens is 1. The molecule has 0 bridgehead atoms. The summed E-state index contributed by atoms with van der Waals surface area (Å²) >= 11 is 5.33. The predicted molar refractivity (Wildman–Crippen MR) is 65.6 cm³/mol. The fraction of sp³-hybridized carbons (Fsp3) is 0.636. The molecule has 0 saturated heterocycles. The van der Waals surface area contributed by atoms with E-state index in [4.69, 9.17) is 5.73 Å². The van der Waals surface area contributed by atoms with Gasteiger partial charge in [0.1, 0.15) is 0 Å². The third kappa shape index (κ3) is 2.59. The number of nitrogens with two attached hydrogens (primary N) is 1. The second-order valence-corrected chi connectivity index (χ2v) is 6.63. The molecule has 3 heteroatoms. The molecule has 0 spiro atoms. The van der Waals surface area contributed by atoms with Gasteiger partial charge in [-0.15, -0.1) is 11.3 Å². The SMILES string of the molecule is Cc1cc(C(N)CCC2CC2)sc1Br. The Hall–Kier alpha value is 0.140. The molecule has 14 heavy (non-hydrogen) atoms. The number of thiophene rings is 1. The summed E-state index contributed by atoms with van der Waals surface area (Å²) in [5.41, 5.74) is 7.45. The van der Waals surface area contributed by atoms with Crippen LogP contribution in [0.1, 0.15) is 42.2 Å². The van der Waals surface area contributed by atoms with Crippen LogP contribution < -0.4 is 5.73 Å². The van der Waals surface area contributed by atoms with E-state index >= 15 is 0 Å². The number of rotatable bonds is 4. The maximum atomic E-state index is 6.14. The first-order valence-corrected chi connectivity index (χ1v) is 6.79. The normalized spacial score (nSPS) is 18.5. The van der Waals surface area contributed by atoms with E-state index in [1.54, 1.807) is 11.3 Å². The Bertz CT molecular complexity index is 298. The van der Waals surface area contributed by atoms with E-state index in [9.17, 15) is 0 Å². The number of aryl methyl sites for hydroxylation is 1. The lowest BCUT2D eigenvalue weighted by Crippen LogP contribution is -2.08. The van der Waals surface area contributed by atoms with Gasteiger partial charge < -0.3 is 5.73 Å². The molecule has 1 heterocycles. The molecule has 1 fully saturated rings. The van der Waals surface area contributed by atoms with Gasteiger partial charge in [0.05, 0.1) is 3.79 Å². The number of hydrogen-bond acceptors (Lipinski definition) is 2. The van der Waals surface area contributed by atoms with E-state index < -0.39 is 0 Å². The molecule has 78 valence electrons. The lowest BCUT2D eigenvalue weighted by Gasteiger charge is -2.07. The average molecular weight is 274 g/mol. The molecule has 1 saturated carbocycles. The summed E-state index contributed by atoms with van der Waals surface area (Å²) in [4.78, 5) is 1.33. The Labute approximate surface area is 97.8 Å². The van der Waals surface area contributed by atoms with Crippen molar-refractivity contribution >= 4 is 27.3 Å². The molecule has 1 aliphatic carbocycles. The van der Waals surface area contributed by atoms with Crippen LogP contribution in [0.5, 0.6) is 0 Å². The summed E-state index contributed by atoms with van der Waals surface area (Å²) in [5, 5.41) is 0. The molecule has 0 amide bonds. The Morgan fingerprint density at radius 1 is 1.64 bits per heavy atom.